The van der Waals surface area contributed by atoms with E-state index in [2.05, 4.69) is 32.2 Å². The van der Waals surface area contributed by atoms with Crippen molar-refractivity contribution < 1.29 is 0 Å². The maximum absolute atomic E-state index is 4.70. The van der Waals surface area contributed by atoms with Crippen LogP contribution in [0.25, 0.3) is 0 Å². The molecule has 1 saturated carbocycles. The zero-order chi connectivity index (χ0) is 14.4. The quantitative estimate of drug-likeness (QED) is 0.817. The SMILES string of the molecule is CCCNC(c1ncccc1C)C1CCCC(CC)C1. The molecule has 1 aromatic heterocycles. The monoisotopic (exact) mass is 274 g/mol. The molecule has 1 fully saturated rings. The minimum atomic E-state index is 0.450. The number of hydrogen-bond acceptors (Lipinski definition) is 2. The van der Waals surface area contributed by atoms with Crippen molar-refractivity contribution in [1.29, 1.82) is 0 Å². The zero-order valence-electron chi connectivity index (χ0n) is 13.4. The van der Waals surface area contributed by atoms with E-state index in [-0.39, 0.29) is 0 Å². The Morgan fingerprint density at radius 3 is 2.90 bits per heavy atom. The van der Waals surface area contributed by atoms with E-state index < -0.39 is 0 Å². The third-order valence-corrected chi connectivity index (χ3v) is 4.83. The van der Waals surface area contributed by atoms with Gasteiger partial charge >= 0.3 is 0 Å². The Kier molecular flexibility index (Phi) is 6.03. The molecule has 1 aliphatic carbocycles. The Hall–Kier alpha value is -0.890. The fourth-order valence-corrected chi connectivity index (χ4v) is 3.62. The Labute approximate surface area is 124 Å². The lowest BCUT2D eigenvalue weighted by molar-refractivity contribution is 0.206. The van der Waals surface area contributed by atoms with Crippen molar-refractivity contribution in [3.63, 3.8) is 0 Å². The van der Waals surface area contributed by atoms with Crippen molar-refractivity contribution in [2.45, 2.75) is 65.3 Å². The molecular weight excluding hydrogens is 244 g/mol. The average molecular weight is 274 g/mol. The van der Waals surface area contributed by atoms with Gasteiger partial charge in [-0.15, -0.1) is 0 Å². The molecule has 0 amide bonds. The highest BCUT2D eigenvalue weighted by atomic mass is 14.9. The summed E-state index contributed by atoms with van der Waals surface area (Å²) in [4.78, 5) is 4.70. The molecule has 1 aromatic rings. The predicted molar refractivity (Wildman–Crippen MR) is 85.7 cm³/mol. The lowest BCUT2D eigenvalue weighted by Gasteiger charge is -2.35. The first-order valence-electron chi connectivity index (χ1n) is 8.41. The molecule has 0 aromatic carbocycles. The van der Waals surface area contributed by atoms with Crippen LogP contribution in [0.1, 0.15) is 69.7 Å². The maximum Gasteiger partial charge on any atom is 0.0605 e. The largest absolute Gasteiger partial charge is 0.308 e. The van der Waals surface area contributed by atoms with E-state index in [4.69, 9.17) is 4.98 Å². The number of nitrogens with zero attached hydrogens (tertiary/aromatic N) is 1. The Balaban J connectivity index is 2.16. The van der Waals surface area contributed by atoms with Crippen molar-refractivity contribution in [2.24, 2.45) is 11.8 Å². The summed E-state index contributed by atoms with van der Waals surface area (Å²) in [6.45, 7) is 7.87. The molecule has 1 heterocycles. The number of pyridine rings is 1. The van der Waals surface area contributed by atoms with E-state index in [1.807, 2.05) is 12.3 Å². The molecule has 3 unspecified atom stereocenters. The third-order valence-electron chi connectivity index (χ3n) is 4.83. The molecule has 2 nitrogen and oxygen atoms in total. The normalized spacial score (nSPS) is 24.6. The van der Waals surface area contributed by atoms with E-state index in [0.29, 0.717) is 6.04 Å². The first kappa shape index (κ1) is 15.5. The molecular formula is C18H30N2. The van der Waals surface area contributed by atoms with Crippen LogP contribution in [0, 0.1) is 18.8 Å². The van der Waals surface area contributed by atoms with Gasteiger partial charge in [-0.25, -0.2) is 0 Å². The van der Waals surface area contributed by atoms with Crippen LogP contribution in [-0.2, 0) is 0 Å². The summed E-state index contributed by atoms with van der Waals surface area (Å²) in [6.07, 6.45) is 10.0. The second-order valence-corrected chi connectivity index (χ2v) is 6.34. The summed E-state index contributed by atoms with van der Waals surface area (Å²) < 4.78 is 0. The molecule has 112 valence electrons. The number of rotatable bonds is 6. The van der Waals surface area contributed by atoms with Crippen molar-refractivity contribution in [3.05, 3.63) is 29.6 Å². The number of nitrogens with one attached hydrogen (secondary N) is 1. The molecule has 1 N–H and O–H groups in total. The van der Waals surface area contributed by atoms with Gasteiger partial charge in [0.2, 0.25) is 0 Å². The summed E-state index contributed by atoms with van der Waals surface area (Å²) in [7, 11) is 0. The van der Waals surface area contributed by atoms with Gasteiger partial charge in [0.1, 0.15) is 0 Å². The van der Waals surface area contributed by atoms with E-state index in [0.717, 1.165) is 18.4 Å². The molecule has 0 radical (unpaired) electrons. The lowest BCUT2D eigenvalue weighted by Crippen LogP contribution is -2.33. The van der Waals surface area contributed by atoms with Crippen molar-refractivity contribution >= 4 is 0 Å². The van der Waals surface area contributed by atoms with Gasteiger partial charge in [-0.1, -0.05) is 39.2 Å². The van der Waals surface area contributed by atoms with Crippen molar-refractivity contribution in [2.75, 3.05) is 6.54 Å². The van der Waals surface area contributed by atoms with Gasteiger partial charge in [0, 0.05) is 6.20 Å². The van der Waals surface area contributed by atoms with Crippen molar-refractivity contribution in [3.8, 4) is 0 Å². The van der Waals surface area contributed by atoms with E-state index in [1.54, 1.807) is 0 Å². The van der Waals surface area contributed by atoms with Gasteiger partial charge in [0.25, 0.3) is 0 Å². The molecule has 0 bridgehead atoms. The second-order valence-electron chi connectivity index (χ2n) is 6.34. The molecule has 2 heteroatoms. The first-order valence-corrected chi connectivity index (χ1v) is 8.41. The molecule has 0 spiro atoms. The minimum Gasteiger partial charge on any atom is -0.308 e. The number of aryl methyl sites for hydroxylation is 1. The Bertz CT molecular complexity index is 402. The summed E-state index contributed by atoms with van der Waals surface area (Å²) in [5.41, 5.74) is 2.61. The predicted octanol–water partition coefficient (Wildman–Crippen LogP) is 4.65. The molecule has 2 rings (SSSR count). The number of hydrogen-bond donors (Lipinski definition) is 1. The van der Waals surface area contributed by atoms with Gasteiger partial charge in [0.05, 0.1) is 11.7 Å². The van der Waals surface area contributed by atoms with Crippen LogP contribution in [0.2, 0.25) is 0 Å². The standard InChI is InChI=1S/C18H30N2/c1-4-11-19-18(17-14(3)8-7-12-20-17)16-10-6-9-15(5-2)13-16/h7-8,12,15-16,18-19H,4-6,9-11,13H2,1-3H3. The third kappa shape index (κ3) is 3.82. The highest BCUT2D eigenvalue weighted by Crippen LogP contribution is 2.38. The van der Waals surface area contributed by atoms with Crippen LogP contribution in [0.5, 0.6) is 0 Å². The molecule has 3 atom stereocenters. The first-order chi connectivity index (χ1) is 9.76. The van der Waals surface area contributed by atoms with Crippen molar-refractivity contribution in [1.82, 2.24) is 10.3 Å². The molecule has 20 heavy (non-hydrogen) atoms. The topological polar surface area (TPSA) is 24.9 Å². The zero-order valence-corrected chi connectivity index (χ0v) is 13.4. The molecule has 0 saturated heterocycles. The van der Waals surface area contributed by atoms with Crippen LogP contribution in [0.4, 0.5) is 0 Å². The Morgan fingerprint density at radius 2 is 2.20 bits per heavy atom. The summed E-state index contributed by atoms with van der Waals surface area (Å²) in [5, 5.41) is 3.78. The van der Waals surface area contributed by atoms with Crippen LogP contribution in [0.3, 0.4) is 0 Å². The van der Waals surface area contributed by atoms with Gasteiger partial charge in [-0.3, -0.25) is 4.98 Å². The van der Waals surface area contributed by atoms with Gasteiger partial charge in [-0.2, -0.15) is 0 Å². The van der Waals surface area contributed by atoms with Crippen LogP contribution in [-0.4, -0.2) is 11.5 Å². The molecule has 0 aliphatic heterocycles. The van der Waals surface area contributed by atoms with Crippen LogP contribution >= 0.6 is 0 Å². The van der Waals surface area contributed by atoms with E-state index in [9.17, 15) is 0 Å². The maximum atomic E-state index is 4.70. The Morgan fingerprint density at radius 1 is 1.35 bits per heavy atom. The van der Waals surface area contributed by atoms with Gasteiger partial charge in [-0.05, 0) is 56.2 Å². The summed E-state index contributed by atoms with van der Waals surface area (Å²) in [6, 6.07) is 4.69. The number of aromatic nitrogens is 1. The minimum absolute atomic E-state index is 0.450. The van der Waals surface area contributed by atoms with E-state index in [1.165, 1.54) is 49.8 Å². The van der Waals surface area contributed by atoms with Crippen LogP contribution < -0.4 is 5.32 Å². The van der Waals surface area contributed by atoms with Gasteiger partial charge < -0.3 is 5.32 Å². The fourth-order valence-electron chi connectivity index (χ4n) is 3.62. The highest BCUT2D eigenvalue weighted by Gasteiger charge is 2.29. The fraction of sp³-hybridized carbons (Fsp3) is 0.722. The molecule has 1 aliphatic rings. The average Bonchev–Trinajstić information content (AvgIpc) is 2.49. The lowest BCUT2D eigenvalue weighted by atomic mass is 9.75. The highest BCUT2D eigenvalue weighted by molar-refractivity contribution is 5.22. The summed E-state index contributed by atoms with van der Waals surface area (Å²) >= 11 is 0. The van der Waals surface area contributed by atoms with E-state index >= 15 is 0 Å². The smallest absolute Gasteiger partial charge is 0.0605 e. The van der Waals surface area contributed by atoms with Crippen LogP contribution in [0.15, 0.2) is 18.3 Å². The summed E-state index contributed by atoms with van der Waals surface area (Å²) in [5.74, 6) is 1.68. The second kappa shape index (κ2) is 7.78. The van der Waals surface area contributed by atoms with Gasteiger partial charge in [0.15, 0.2) is 0 Å².